The highest BCUT2D eigenvalue weighted by atomic mass is 16.6. The lowest BCUT2D eigenvalue weighted by Crippen LogP contribution is -2.45. The Morgan fingerprint density at radius 3 is 2.58 bits per heavy atom. The van der Waals surface area contributed by atoms with Crippen LogP contribution in [-0.4, -0.2) is 47.5 Å². The average molecular weight is 450 g/mol. The predicted octanol–water partition coefficient (Wildman–Crippen LogP) is 4.88. The Bertz CT molecular complexity index is 1160. The van der Waals surface area contributed by atoms with Crippen LogP contribution in [0.1, 0.15) is 43.6 Å². The molecule has 4 rings (SSSR count). The molecule has 33 heavy (non-hydrogen) atoms. The van der Waals surface area contributed by atoms with Crippen molar-refractivity contribution >= 4 is 23.1 Å². The van der Waals surface area contributed by atoms with Crippen LogP contribution in [0.4, 0.5) is 9.59 Å². The first-order valence-electron chi connectivity index (χ1n) is 11.3. The number of amides is 2. The maximum Gasteiger partial charge on any atom is 0.412 e. The molecular weight excluding hydrogens is 418 g/mol. The second-order valence-electron chi connectivity index (χ2n) is 9.24. The normalized spacial score (nSPS) is 15.8. The molecule has 1 aliphatic rings. The minimum Gasteiger partial charge on any atom is -0.453 e. The van der Waals surface area contributed by atoms with Gasteiger partial charge in [-0.1, -0.05) is 42.5 Å². The summed E-state index contributed by atoms with van der Waals surface area (Å²) >= 11 is 0. The summed E-state index contributed by atoms with van der Waals surface area (Å²) < 4.78 is 12.6. The molecule has 1 N–H and O–H groups in total. The predicted molar refractivity (Wildman–Crippen MR) is 127 cm³/mol. The summed E-state index contributed by atoms with van der Waals surface area (Å²) in [5.74, 6) is 0. The van der Waals surface area contributed by atoms with Crippen LogP contribution in [0.15, 0.2) is 54.7 Å². The van der Waals surface area contributed by atoms with Gasteiger partial charge in [0.1, 0.15) is 11.8 Å². The smallest absolute Gasteiger partial charge is 0.412 e. The Morgan fingerprint density at radius 1 is 1.09 bits per heavy atom. The van der Waals surface area contributed by atoms with E-state index in [1.54, 1.807) is 0 Å². The molecule has 7 nitrogen and oxygen atoms in total. The fraction of sp³-hybridized carbons (Fsp3) is 0.385. The number of aromatic nitrogens is 1. The van der Waals surface area contributed by atoms with E-state index >= 15 is 0 Å². The number of carbonyl (C=O) groups excluding carboxylic acids is 2. The van der Waals surface area contributed by atoms with Gasteiger partial charge < -0.3 is 19.4 Å². The molecule has 0 aliphatic carbocycles. The number of nitrogens with zero attached hydrogens (tertiary/aromatic N) is 2. The minimum atomic E-state index is -0.581. The number of ether oxygens (including phenoxy) is 2. The van der Waals surface area contributed by atoms with Gasteiger partial charge in [0, 0.05) is 24.7 Å². The summed E-state index contributed by atoms with van der Waals surface area (Å²) in [6, 6.07) is 16.4. The Balaban J connectivity index is 1.77. The quantitative estimate of drug-likeness (QED) is 0.616. The van der Waals surface area contributed by atoms with Crippen molar-refractivity contribution in [1.82, 2.24) is 14.8 Å². The lowest BCUT2D eigenvalue weighted by Gasteiger charge is -2.39. The van der Waals surface area contributed by atoms with Gasteiger partial charge in [0.25, 0.3) is 0 Å². The number of hydrogen-bond donors (Lipinski definition) is 1. The van der Waals surface area contributed by atoms with E-state index in [-0.39, 0.29) is 12.3 Å². The third kappa shape index (κ3) is 4.82. The largest absolute Gasteiger partial charge is 0.453 e. The molecule has 0 fully saturated rings. The van der Waals surface area contributed by atoms with Gasteiger partial charge in [-0.15, -0.1) is 0 Å². The number of carbonyl (C=O) groups is 2. The SMILES string of the molecule is COC(=O)NCCc1cn(C2c3ccccc3CCN2C(=O)OC(C)(C)C)c2ccccc12. The van der Waals surface area contributed by atoms with Gasteiger partial charge in [0.15, 0.2) is 0 Å². The molecule has 2 amide bonds. The molecule has 1 aromatic heterocycles. The van der Waals surface area contributed by atoms with E-state index in [0.29, 0.717) is 19.5 Å². The molecule has 0 saturated carbocycles. The Morgan fingerprint density at radius 2 is 1.82 bits per heavy atom. The van der Waals surface area contributed by atoms with E-state index in [2.05, 4.69) is 45.1 Å². The standard InChI is InChI=1S/C26H31N3O4/c1-26(2,3)33-25(31)28-16-14-18-9-5-6-11-21(18)23(28)29-17-19(13-15-27-24(30)32-4)20-10-7-8-12-22(20)29/h5-12,17,23H,13-16H2,1-4H3,(H,27,30). The highest BCUT2D eigenvalue weighted by molar-refractivity contribution is 5.84. The zero-order valence-electron chi connectivity index (χ0n) is 19.6. The summed E-state index contributed by atoms with van der Waals surface area (Å²) in [4.78, 5) is 26.6. The van der Waals surface area contributed by atoms with Crippen molar-refractivity contribution in [2.45, 2.75) is 45.4 Å². The molecule has 0 saturated heterocycles. The zero-order valence-corrected chi connectivity index (χ0v) is 19.6. The van der Waals surface area contributed by atoms with E-state index in [9.17, 15) is 9.59 Å². The molecule has 0 radical (unpaired) electrons. The number of benzene rings is 2. The van der Waals surface area contributed by atoms with Crippen molar-refractivity contribution in [1.29, 1.82) is 0 Å². The fourth-order valence-electron chi connectivity index (χ4n) is 4.41. The molecule has 0 bridgehead atoms. The molecule has 0 spiro atoms. The maximum absolute atomic E-state index is 13.3. The number of alkyl carbamates (subject to hydrolysis) is 1. The number of hydrogen-bond acceptors (Lipinski definition) is 4. The second-order valence-corrected chi connectivity index (χ2v) is 9.24. The van der Waals surface area contributed by atoms with Gasteiger partial charge in [-0.25, -0.2) is 9.59 Å². The molecule has 1 atom stereocenters. The monoisotopic (exact) mass is 449 g/mol. The molecule has 2 heterocycles. The fourth-order valence-corrected chi connectivity index (χ4v) is 4.41. The molecular formula is C26H31N3O4. The summed E-state index contributed by atoms with van der Waals surface area (Å²) in [6.07, 6.45) is 2.42. The molecule has 3 aromatic rings. The lowest BCUT2D eigenvalue weighted by atomic mass is 9.97. The van der Waals surface area contributed by atoms with E-state index in [0.717, 1.165) is 28.5 Å². The highest BCUT2D eigenvalue weighted by Crippen LogP contribution is 2.36. The Kier molecular flexibility index (Phi) is 6.31. The number of nitrogens with one attached hydrogen (secondary N) is 1. The van der Waals surface area contributed by atoms with Crippen LogP contribution in [-0.2, 0) is 22.3 Å². The van der Waals surface area contributed by atoms with Gasteiger partial charge in [-0.2, -0.15) is 0 Å². The van der Waals surface area contributed by atoms with E-state index in [1.807, 2.05) is 49.9 Å². The summed E-state index contributed by atoms with van der Waals surface area (Å²) in [5.41, 5.74) is 3.86. The second kappa shape index (κ2) is 9.17. The minimum absolute atomic E-state index is 0.322. The van der Waals surface area contributed by atoms with Gasteiger partial charge in [-0.05, 0) is 56.4 Å². The first-order valence-corrected chi connectivity index (χ1v) is 11.3. The molecule has 2 aromatic carbocycles. The van der Waals surface area contributed by atoms with Crippen LogP contribution in [0, 0.1) is 0 Å². The van der Waals surface area contributed by atoms with Gasteiger partial charge in [0.05, 0.1) is 12.6 Å². The number of fused-ring (bicyclic) bond motifs is 2. The van der Waals surface area contributed by atoms with E-state index in [4.69, 9.17) is 4.74 Å². The van der Waals surface area contributed by atoms with Crippen molar-refractivity contribution in [2.75, 3.05) is 20.2 Å². The molecule has 1 unspecified atom stereocenters. The van der Waals surface area contributed by atoms with Crippen molar-refractivity contribution < 1.29 is 19.1 Å². The van der Waals surface area contributed by atoms with Gasteiger partial charge in [0.2, 0.25) is 0 Å². The van der Waals surface area contributed by atoms with Crippen molar-refractivity contribution in [3.05, 3.63) is 71.4 Å². The number of para-hydroxylation sites is 1. The van der Waals surface area contributed by atoms with Crippen molar-refractivity contribution in [3.63, 3.8) is 0 Å². The molecule has 1 aliphatic heterocycles. The van der Waals surface area contributed by atoms with Gasteiger partial charge in [-0.3, -0.25) is 4.90 Å². The Labute approximate surface area is 194 Å². The zero-order chi connectivity index (χ0) is 23.6. The van der Waals surface area contributed by atoms with Crippen molar-refractivity contribution in [2.24, 2.45) is 0 Å². The molecule has 7 heteroatoms. The lowest BCUT2D eigenvalue weighted by molar-refractivity contribution is 0.0113. The number of methoxy groups -OCH3 is 1. The maximum atomic E-state index is 13.3. The van der Waals surface area contributed by atoms with E-state index in [1.165, 1.54) is 12.7 Å². The molecule has 174 valence electrons. The first-order chi connectivity index (χ1) is 15.8. The topological polar surface area (TPSA) is 72.8 Å². The van der Waals surface area contributed by atoms with E-state index < -0.39 is 11.7 Å². The van der Waals surface area contributed by atoms with Crippen LogP contribution in [0.3, 0.4) is 0 Å². The number of rotatable bonds is 4. The van der Waals surface area contributed by atoms with Gasteiger partial charge >= 0.3 is 12.2 Å². The van der Waals surface area contributed by atoms with Crippen LogP contribution in [0.5, 0.6) is 0 Å². The third-order valence-corrected chi connectivity index (χ3v) is 5.81. The van der Waals surface area contributed by atoms with Crippen LogP contribution >= 0.6 is 0 Å². The first kappa shape index (κ1) is 22.7. The summed E-state index contributed by atoms with van der Waals surface area (Å²) in [5, 5.41) is 3.84. The van der Waals surface area contributed by atoms with Crippen LogP contribution in [0.2, 0.25) is 0 Å². The average Bonchev–Trinajstić information content (AvgIpc) is 3.15. The van der Waals surface area contributed by atoms with Crippen molar-refractivity contribution in [3.8, 4) is 0 Å². The summed E-state index contributed by atoms with van der Waals surface area (Å²) in [7, 11) is 1.35. The van der Waals surface area contributed by atoms with Crippen LogP contribution in [0.25, 0.3) is 10.9 Å². The Hall–Kier alpha value is -3.48. The van der Waals surface area contributed by atoms with Crippen LogP contribution < -0.4 is 5.32 Å². The summed E-state index contributed by atoms with van der Waals surface area (Å²) in [6.45, 7) is 6.68. The third-order valence-electron chi connectivity index (χ3n) is 5.81. The highest BCUT2D eigenvalue weighted by Gasteiger charge is 2.35.